The summed E-state index contributed by atoms with van der Waals surface area (Å²) in [5.74, 6) is -0.770. The molecule has 1 aromatic heterocycles. The van der Waals surface area contributed by atoms with Crippen LogP contribution in [-0.4, -0.2) is 24.5 Å². The van der Waals surface area contributed by atoms with Gasteiger partial charge in [0.15, 0.2) is 11.7 Å². The third-order valence-electron chi connectivity index (χ3n) is 4.27. The summed E-state index contributed by atoms with van der Waals surface area (Å²) < 4.78 is 16.1. The molecule has 0 fully saturated rings. The molecule has 0 saturated heterocycles. The Morgan fingerprint density at radius 2 is 1.82 bits per heavy atom. The zero-order chi connectivity index (χ0) is 20.3. The van der Waals surface area contributed by atoms with Crippen molar-refractivity contribution in [2.24, 2.45) is 0 Å². The molecular weight excluding hydrogens is 360 g/mol. The van der Waals surface area contributed by atoms with Crippen LogP contribution in [0.4, 0.5) is 0 Å². The topological polar surface area (TPSA) is 82.8 Å². The second kappa shape index (κ2) is 8.08. The highest BCUT2D eigenvalue weighted by molar-refractivity contribution is 6.17. The Morgan fingerprint density at radius 3 is 2.50 bits per heavy atom. The van der Waals surface area contributed by atoms with Crippen LogP contribution in [0.1, 0.15) is 35.3 Å². The van der Waals surface area contributed by atoms with Crippen molar-refractivity contribution in [3.8, 4) is 5.75 Å². The third kappa shape index (κ3) is 3.81. The number of carbonyl (C=O) groups excluding carboxylic acids is 2. The highest BCUT2D eigenvalue weighted by Crippen LogP contribution is 2.32. The predicted molar refractivity (Wildman–Crippen MR) is 104 cm³/mol. The smallest absolute Gasteiger partial charge is 0.347 e. The van der Waals surface area contributed by atoms with Crippen molar-refractivity contribution in [2.45, 2.75) is 26.9 Å². The molecule has 1 atom stereocenters. The first-order valence-corrected chi connectivity index (χ1v) is 8.93. The summed E-state index contributed by atoms with van der Waals surface area (Å²) in [4.78, 5) is 37.1. The molecule has 144 valence electrons. The van der Waals surface area contributed by atoms with E-state index in [1.165, 1.54) is 13.0 Å². The van der Waals surface area contributed by atoms with E-state index in [-0.39, 0.29) is 29.3 Å². The fraction of sp³-hybridized carbons (Fsp3) is 0.227. The summed E-state index contributed by atoms with van der Waals surface area (Å²) in [5, 5.41) is 0.620. The van der Waals surface area contributed by atoms with Crippen LogP contribution < -0.4 is 10.4 Å². The minimum atomic E-state index is -0.934. The molecule has 0 saturated carbocycles. The zero-order valence-corrected chi connectivity index (χ0v) is 15.9. The molecule has 3 rings (SSSR count). The summed E-state index contributed by atoms with van der Waals surface area (Å²) in [6.07, 6.45) is -0.934. The van der Waals surface area contributed by atoms with Gasteiger partial charge in [0.2, 0.25) is 5.78 Å². The number of benzene rings is 2. The lowest BCUT2D eigenvalue weighted by molar-refractivity contribution is -0.150. The van der Waals surface area contributed by atoms with Gasteiger partial charge in [-0.3, -0.25) is 4.79 Å². The number of carbonyl (C=O) groups is 2. The van der Waals surface area contributed by atoms with Crippen molar-refractivity contribution < 1.29 is 23.5 Å². The third-order valence-corrected chi connectivity index (χ3v) is 4.27. The van der Waals surface area contributed by atoms with E-state index in [0.29, 0.717) is 16.5 Å². The Kier molecular flexibility index (Phi) is 5.59. The van der Waals surface area contributed by atoms with Gasteiger partial charge < -0.3 is 13.9 Å². The van der Waals surface area contributed by atoms with Crippen molar-refractivity contribution in [1.29, 1.82) is 0 Å². The zero-order valence-electron chi connectivity index (χ0n) is 15.9. The highest BCUT2D eigenvalue weighted by atomic mass is 16.6. The molecule has 0 amide bonds. The van der Waals surface area contributed by atoms with Crippen molar-refractivity contribution >= 4 is 22.7 Å². The quantitative estimate of drug-likeness (QED) is 0.369. The Bertz CT molecular complexity index is 1080. The number of aryl methyl sites for hydroxylation is 1. The second-order valence-corrected chi connectivity index (χ2v) is 6.27. The summed E-state index contributed by atoms with van der Waals surface area (Å²) in [7, 11) is 0. The maximum atomic E-state index is 13.2. The normalized spacial score (nSPS) is 11.8. The molecule has 0 bridgehead atoms. The maximum Gasteiger partial charge on any atom is 0.347 e. The first-order chi connectivity index (χ1) is 13.4. The van der Waals surface area contributed by atoms with Crippen LogP contribution in [0.2, 0.25) is 0 Å². The standard InChI is InChI=1S/C22H20O6/c1-4-26-22(25)14(3)27-17-11-10-16-13(2)12-18(23)28-21(16)19(17)20(24)15-8-6-5-7-9-15/h5-12,14H,4H2,1-3H3/t14-/m0/s1. The Hall–Kier alpha value is -3.41. The van der Waals surface area contributed by atoms with Crippen LogP contribution in [0.5, 0.6) is 5.75 Å². The molecule has 0 N–H and O–H groups in total. The van der Waals surface area contributed by atoms with E-state index in [1.54, 1.807) is 56.3 Å². The van der Waals surface area contributed by atoms with Crippen molar-refractivity contribution in [3.05, 3.63) is 75.6 Å². The van der Waals surface area contributed by atoms with E-state index >= 15 is 0 Å². The largest absolute Gasteiger partial charge is 0.478 e. The molecule has 6 heteroatoms. The molecule has 0 unspecified atom stereocenters. The number of rotatable bonds is 6. The van der Waals surface area contributed by atoms with Crippen LogP contribution in [0.15, 0.2) is 57.7 Å². The predicted octanol–water partition coefficient (Wildman–Crippen LogP) is 3.66. The fourth-order valence-electron chi connectivity index (χ4n) is 2.91. The van der Waals surface area contributed by atoms with Gasteiger partial charge in [-0.05, 0) is 38.5 Å². The molecule has 3 aromatic rings. The van der Waals surface area contributed by atoms with Crippen molar-refractivity contribution in [1.82, 2.24) is 0 Å². The first-order valence-electron chi connectivity index (χ1n) is 8.93. The highest BCUT2D eigenvalue weighted by Gasteiger charge is 2.25. The van der Waals surface area contributed by atoms with Crippen molar-refractivity contribution in [2.75, 3.05) is 6.61 Å². The Balaban J connectivity index is 2.19. The first kappa shape index (κ1) is 19.4. The van der Waals surface area contributed by atoms with Gasteiger partial charge in [-0.25, -0.2) is 9.59 Å². The number of esters is 1. The van der Waals surface area contributed by atoms with E-state index in [4.69, 9.17) is 13.9 Å². The molecule has 2 aromatic carbocycles. The molecule has 0 aliphatic heterocycles. The van der Waals surface area contributed by atoms with Gasteiger partial charge >= 0.3 is 11.6 Å². The number of ketones is 1. The van der Waals surface area contributed by atoms with Gasteiger partial charge in [0.1, 0.15) is 11.3 Å². The van der Waals surface area contributed by atoms with Gasteiger partial charge in [-0.2, -0.15) is 0 Å². The van der Waals surface area contributed by atoms with E-state index in [9.17, 15) is 14.4 Å². The maximum absolute atomic E-state index is 13.2. The average molecular weight is 380 g/mol. The number of hydrogen-bond acceptors (Lipinski definition) is 6. The molecule has 1 heterocycles. The second-order valence-electron chi connectivity index (χ2n) is 6.27. The van der Waals surface area contributed by atoms with E-state index in [2.05, 4.69) is 0 Å². The molecule has 28 heavy (non-hydrogen) atoms. The SMILES string of the molecule is CCOC(=O)[C@H](C)Oc1ccc2c(C)cc(=O)oc2c1C(=O)c1ccccc1. The van der Waals surface area contributed by atoms with E-state index < -0.39 is 17.7 Å². The van der Waals surface area contributed by atoms with Gasteiger partial charge in [-0.15, -0.1) is 0 Å². The van der Waals surface area contributed by atoms with E-state index in [0.717, 1.165) is 0 Å². The monoisotopic (exact) mass is 380 g/mol. The summed E-state index contributed by atoms with van der Waals surface area (Å²) in [6, 6.07) is 13.2. The molecule has 0 radical (unpaired) electrons. The average Bonchev–Trinajstić information content (AvgIpc) is 2.68. The summed E-state index contributed by atoms with van der Waals surface area (Å²) in [6.45, 7) is 5.21. The number of fused-ring (bicyclic) bond motifs is 1. The summed E-state index contributed by atoms with van der Waals surface area (Å²) >= 11 is 0. The number of hydrogen-bond donors (Lipinski definition) is 0. The van der Waals surface area contributed by atoms with Gasteiger partial charge in [0.25, 0.3) is 0 Å². The number of ether oxygens (including phenoxy) is 2. The van der Waals surface area contributed by atoms with Crippen LogP contribution in [-0.2, 0) is 9.53 Å². The Morgan fingerprint density at radius 1 is 1.11 bits per heavy atom. The lowest BCUT2D eigenvalue weighted by Gasteiger charge is -2.17. The minimum absolute atomic E-state index is 0.0978. The van der Waals surface area contributed by atoms with E-state index in [1.807, 2.05) is 0 Å². The molecular formula is C22H20O6. The molecule has 0 spiro atoms. The minimum Gasteiger partial charge on any atom is -0.478 e. The lowest BCUT2D eigenvalue weighted by atomic mass is 9.98. The van der Waals surface area contributed by atoms with Gasteiger partial charge in [0.05, 0.1) is 6.61 Å². The van der Waals surface area contributed by atoms with Crippen LogP contribution in [0.25, 0.3) is 11.0 Å². The van der Waals surface area contributed by atoms with Crippen molar-refractivity contribution in [3.63, 3.8) is 0 Å². The van der Waals surface area contributed by atoms with Gasteiger partial charge in [-0.1, -0.05) is 30.3 Å². The lowest BCUT2D eigenvalue weighted by Crippen LogP contribution is -2.27. The molecule has 6 nitrogen and oxygen atoms in total. The van der Waals surface area contributed by atoms with Crippen LogP contribution in [0.3, 0.4) is 0 Å². The summed E-state index contributed by atoms with van der Waals surface area (Å²) in [5.41, 5.74) is 0.752. The van der Waals surface area contributed by atoms with Crippen LogP contribution in [0, 0.1) is 6.92 Å². The molecule has 0 aliphatic rings. The van der Waals surface area contributed by atoms with Crippen LogP contribution >= 0.6 is 0 Å². The van der Waals surface area contributed by atoms with Gasteiger partial charge in [0, 0.05) is 17.0 Å². The fourth-order valence-corrected chi connectivity index (χ4v) is 2.91. The molecule has 0 aliphatic carbocycles. The Labute approximate surface area is 161 Å².